The molecule has 148 valence electrons. The zero-order valence-electron chi connectivity index (χ0n) is 15.8. The third-order valence-corrected chi connectivity index (χ3v) is 5.08. The average Bonchev–Trinajstić information content (AvgIpc) is 2.76. The van der Waals surface area contributed by atoms with Crippen molar-refractivity contribution in [2.24, 2.45) is 0 Å². The van der Waals surface area contributed by atoms with Gasteiger partial charge in [-0.1, -0.05) is 29.8 Å². The summed E-state index contributed by atoms with van der Waals surface area (Å²) in [5.41, 5.74) is 1.59. The lowest BCUT2D eigenvalue weighted by Crippen LogP contribution is -2.49. The van der Waals surface area contributed by atoms with Gasteiger partial charge in [-0.3, -0.25) is 9.78 Å². The minimum atomic E-state index is 0.0957. The van der Waals surface area contributed by atoms with Crippen molar-refractivity contribution < 1.29 is 4.79 Å². The van der Waals surface area contributed by atoms with Gasteiger partial charge in [0.05, 0.1) is 17.1 Å². The van der Waals surface area contributed by atoms with E-state index in [1.807, 2.05) is 47.4 Å². The molecule has 3 heterocycles. The summed E-state index contributed by atoms with van der Waals surface area (Å²) in [7, 11) is 0. The molecule has 0 unspecified atom stereocenters. The first-order valence-electron chi connectivity index (χ1n) is 9.46. The highest BCUT2D eigenvalue weighted by Gasteiger charge is 2.23. The smallest absolute Gasteiger partial charge is 0.228 e. The molecule has 0 radical (unpaired) electrons. The fraction of sp³-hybridized carbons (Fsp3) is 0.238. The first-order chi connectivity index (χ1) is 14.2. The van der Waals surface area contributed by atoms with E-state index in [0.717, 1.165) is 11.4 Å². The highest BCUT2D eigenvalue weighted by Crippen LogP contribution is 2.24. The molecule has 1 N–H and O–H groups in total. The topological polar surface area (TPSA) is 74.2 Å². The van der Waals surface area contributed by atoms with Crippen molar-refractivity contribution in [3.63, 3.8) is 0 Å². The lowest BCUT2D eigenvalue weighted by molar-refractivity contribution is -0.130. The molecule has 0 aliphatic carbocycles. The molecular formula is C21H21ClN6O. The molecule has 1 fully saturated rings. The molecule has 2 aromatic heterocycles. The number of amides is 1. The van der Waals surface area contributed by atoms with E-state index in [2.05, 4.69) is 25.2 Å². The highest BCUT2D eigenvalue weighted by molar-refractivity contribution is 6.33. The number of nitrogens with one attached hydrogen (secondary N) is 1. The van der Waals surface area contributed by atoms with E-state index in [1.165, 1.54) is 0 Å². The Bertz CT molecular complexity index is 976. The molecule has 0 bridgehead atoms. The van der Waals surface area contributed by atoms with Crippen LogP contribution in [0.1, 0.15) is 5.69 Å². The Morgan fingerprint density at radius 1 is 0.966 bits per heavy atom. The molecule has 8 heteroatoms. The normalized spacial score (nSPS) is 14.0. The summed E-state index contributed by atoms with van der Waals surface area (Å²) in [6, 6.07) is 14.9. The SMILES string of the molecule is O=C(Cc1ccccn1)N1CCN(c2nccc(Nc3ccccc3Cl)n2)CC1. The van der Waals surface area contributed by atoms with E-state index in [-0.39, 0.29) is 5.91 Å². The van der Waals surface area contributed by atoms with Gasteiger partial charge in [0.2, 0.25) is 11.9 Å². The largest absolute Gasteiger partial charge is 0.339 e. The standard InChI is InChI=1S/C21H21ClN6O/c22-17-6-1-2-7-18(17)25-19-8-10-24-21(26-19)28-13-11-27(12-14-28)20(29)15-16-5-3-4-9-23-16/h1-10H,11-15H2,(H,24,25,26). The molecule has 0 spiro atoms. The second kappa shape index (κ2) is 8.87. The lowest BCUT2D eigenvalue weighted by Gasteiger charge is -2.34. The number of carbonyl (C=O) groups is 1. The number of aromatic nitrogens is 3. The number of carbonyl (C=O) groups excluding carboxylic acids is 1. The van der Waals surface area contributed by atoms with E-state index >= 15 is 0 Å². The summed E-state index contributed by atoms with van der Waals surface area (Å²) >= 11 is 6.21. The third kappa shape index (κ3) is 4.81. The number of benzene rings is 1. The molecule has 4 rings (SSSR count). The molecule has 1 aliphatic heterocycles. The predicted octanol–water partition coefficient (Wildman–Crippen LogP) is 3.16. The van der Waals surface area contributed by atoms with Crippen molar-refractivity contribution in [1.29, 1.82) is 0 Å². The van der Waals surface area contributed by atoms with Crippen molar-refractivity contribution >= 4 is 35.0 Å². The van der Waals surface area contributed by atoms with E-state index in [4.69, 9.17) is 11.6 Å². The van der Waals surface area contributed by atoms with E-state index in [9.17, 15) is 4.79 Å². The maximum atomic E-state index is 12.5. The predicted molar refractivity (Wildman–Crippen MR) is 114 cm³/mol. The van der Waals surface area contributed by atoms with Crippen molar-refractivity contribution in [2.45, 2.75) is 6.42 Å². The molecule has 1 aromatic carbocycles. The maximum absolute atomic E-state index is 12.5. The van der Waals surface area contributed by atoms with Crippen LogP contribution in [0.2, 0.25) is 5.02 Å². The van der Waals surface area contributed by atoms with Gasteiger partial charge >= 0.3 is 0 Å². The van der Waals surface area contributed by atoms with Crippen LogP contribution in [0.4, 0.5) is 17.5 Å². The molecule has 1 saturated heterocycles. The van der Waals surface area contributed by atoms with Crippen LogP contribution in [-0.2, 0) is 11.2 Å². The van der Waals surface area contributed by atoms with Gasteiger partial charge in [0, 0.05) is 44.3 Å². The molecule has 1 aliphatic rings. The monoisotopic (exact) mass is 408 g/mol. The second-order valence-corrected chi connectivity index (χ2v) is 7.12. The van der Waals surface area contributed by atoms with Crippen LogP contribution in [0, 0.1) is 0 Å². The van der Waals surface area contributed by atoms with Crippen LogP contribution < -0.4 is 10.2 Å². The number of nitrogens with zero attached hydrogens (tertiary/aromatic N) is 5. The minimum Gasteiger partial charge on any atom is -0.339 e. The fourth-order valence-corrected chi connectivity index (χ4v) is 3.38. The summed E-state index contributed by atoms with van der Waals surface area (Å²) in [6.45, 7) is 2.64. The Hall–Kier alpha value is -3.19. The lowest BCUT2D eigenvalue weighted by atomic mass is 10.2. The third-order valence-electron chi connectivity index (χ3n) is 4.75. The number of piperazine rings is 1. The van der Waals surface area contributed by atoms with Crippen LogP contribution in [0.3, 0.4) is 0 Å². The fourth-order valence-electron chi connectivity index (χ4n) is 3.20. The number of halogens is 1. The first-order valence-corrected chi connectivity index (χ1v) is 9.84. The Balaban J connectivity index is 1.36. The van der Waals surface area contributed by atoms with Crippen molar-refractivity contribution in [3.05, 3.63) is 71.6 Å². The van der Waals surface area contributed by atoms with Crippen molar-refractivity contribution in [1.82, 2.24) is 19.9 Å². The van der Waals surface area contributed by atoms with Crippen LogP contribution in [-0.4, -0.2) is 51.9 Å². The van der Waals surface area contributed by atoms with Gasteiger partial charge in [-0.15, -0.1) is 0 Å². The van der Waals surface area contributed by atoms with Crippen LogP contribution >= 0.6 is 11.6 Å². The molecule has 29 heavy (non-hydrogen) atoms. The van der Waals surface area contributed by atoms with E-state index in [0.29, 0.717) is 49.4 Å². The number of para-hydroxylation sites is 1. The van der Waals surface area contributed by atoms with Crippen molar-refractivity contribution in [2.75, 3.05) is 36.4 Å². The van der Waals surface area contributed by atoms with Crippen molar-refractivity contribution in [3.8, 4) is 0 Å². The molecule has 0 atom stereocenters. The molecular weight excluding hydrogens is 388 g/mol. The quantitative estimate of drug-likeness (QED) is 0.699. The van der Waals surface area contributed by atoms with Crippen LogP contribution in [0.25, 0.3) is 0 Å². The minimum absolute atomic E-state index is 0.0957. The zero-order chi connectivity index (χ0) is 20.1. The maximum Gasteiger partial charge on any atom is 0.228 e. The molecule has 1 amide bonds. The summed E-state index contributed by atoms with van der Waals surface area (Å²) in [4.78, 5) is 29.7. The second-order valence-electron chi connectivity index (χ2n) is 6.71. The summed E-state index contributed by atoms with van der Waals surface area (Å²) in [5.74, 6) is 1.41. The van der Waals surface area contributed by atoms with Gasteiger partial charge in [0.15, 0.2) is 0 Å². The number of pyridine rings is 1. The number of hydrogen-bond acceptors (Lipinski definition) is 6. The number of rotatable bonds is 5. The van der Waals surface area contributed by atoms with E-state index < -0.39 is 0 Å². The van der Waals surface area contributed by atoms with E-state index in [1.54, 1.807) is 18.5 Å². The Labute approximate surface area is 174 Å². The summed E-state index contributed by atoms with van der Waals surface area (Å²) in [6.07, 6.45) is 3.76. The van der Waals surface area contributed by atoms with Gasteiger partial charge in [0.25, 0.3) is 0 Å². The Kier molecular flexibility index (Phi) is 5.86. The van der Waals surface area contributed by atoms with Gasteiger partial charge in [0.1, 0.15) is 5.82 Å². The molecule has 7 nitrogen and oxygen atoms in total. The van der Waals surface area contributed by atoms with Gasteiger partial charge in [-0.05, 0) is 30.3 Å². The van der Waals surface area contributed by atoms with Gasteiger partial charge in [-0.25, -0.2) is 4.98 Å². The number of anilines is 3. The Morgan fingerprint density at radius 3 is 2.52 bits per heavy atom. The Morgan fingerprint density at radius 2 is 1.76 bits per heavy atom. The number of hydrogen-bond donors (Lipinski definition) is 1. The van der Waals surface area contributed by atoms with Crippen LogP contribution in [0.5, 0.6) is 0 Å². The summed E-state index contributed by atoms with van der Waals surface area (Å²) < 4.78 is 0. The zero-order valence-corrected chi connectivity index (χ0v) is 16.6. The van der Waals surface area contributed by atoms with Gasteiger partial charge in [-0.2, -0.15) is 4.98 Å². The first kappa shape index (κ1) is 19.1. The summed E-state index contributed by atoms with van der Waals surface area (Å²) in [5, 5.41) is 3.86. The van der Waals surface area contributed by atoms with Gasteiger partial charge < -0.3 is 15.1 Å². The van der Waals surface area contributed by atoms with Crippen LogP contribution in [0.15, 0.2) is 60.9 Å². The highest BCUT2D eigenvalue weighted by atomic mass is 35.5. The average molecular weight is 409 g/mol. The molecule has 0 saturated carbocycles. The molecule has 3 aromatic rings.